The number of benzene rings is 2. The molecule has 2 N–H and O–H groups in total. The first-order valence-corrected chi connectivity index (χ1v) is 10.5. The summed E-state index contributed by atoms with van der Waals surface area (Å²) in [6, 6.07) is 12.9. The van der Waals surface area contributed by atoms with Gasteiger partial charge in [0.2, 0.25) is 5.91 Å². The van der Waals surface area contributed by atoms with Crippen molar-refractivity contribution in [1.29, 1.82) is 0 Å². The molecule has 8 nitrogen and oxygen atoms in total. The van der Waals surface area contributed by atoms with Crippen LogP contribution in [0.3, 0.4) is 0 Å². The fourth-order valence-electron chi connectivity index (χ4n) is 2.63. The smallest absolute Gasteiger partial charge is 0.261 e. The number of aromatic nitrogens is 1. The van der Waals surface area contributed by atoms with Gasteiger partial charge in [-0.3, -0.25) is 9.52 Å². The predicted molar refractivity (Wildman–Crippen MR) is 115 cm³/mol. The molecule has 1 heterocycles. The second kappa shape index (κ2) is 8.83. The van der Waals surface area contributed by atoms with Gasteiger partial charge >= 0.3 is 0 Å². The first kappa shape index (κ1) is 21.1. The molecule has 0 aliphatic carbocycles. The lowest BCUT2D eigenvalue weighted by Gasteiger charge is -2.09. The molecule has 0 atom stereocenters. The Hall–Kier alpha value is -3.59. The lowest BCUT2D eigenvalue weighted by molar-refractivity contribution is -0.114. The quantitative estimate of drug-likeness (QED) is 0.591. The second-order valence-electron chi connectivity index (χ2n) is 6.42. The molecule has 0 radical (unpaired) electrons. The van der Waals surface area contributed by atoms with Crippen LogP contribution in [0.4, 0.5) is 11.4 Å². The number of hydrogen-bond acceptors (Lipinski definition) is 6. The van der Waals surface area contributed by atoms with Gasteiger partial charge in [-0.2, -0.15) is 0 Å². The molecule has 3 rings (SSSR count). The van der Waals surface area contributed by atoms with Crippen LogP contribution in [-0.2, 0) is 14.8 Å². The van der Waals surface area contributed by atoms with Gasteiger partial charge in [-0.15, -0.1) is 0 Å². The number of nitrogens with one attached hydrogen (secondary N) is 2. The minimum Gasteiger partial charge on any atom is -0.497 e. The highest BCUT2D eigenvalue weighted by molar-refractivity contribution is 7.92. The Morgan fingerprint density at radius 1 is 1.07 bits per heavy atom. The van der Waals surface area contributed by atoms with Crippen LogP contribution in [0.5, 0.6) is 5.75 Å². The maximum atomic E-state index is 12.6. The highest BCUT2D eigenvalue weighted by atomic mass is 32.2. The highest BCUT2D eigenvalue weighted by Crippen LogP contribution is 2.23. The van der Waals surface area contributed by atoms with Crippen LogP contribution in [0, 0.1) is 6.92 Å². The Bertz CT molecular complexity index is 1160. The fourth-order valence-corrected chi connectivity index (χ4v) is 3.69. The van der Waals surface area contributed by atoms with E-state index in [0.717, 1.165) is 5.56 Å². The number of aryl methyl sites for hydroxylation is 1. The molecule has 3 aromatic rings. The van der Waals surface area contributed by atoms with Crippen LogP contribution in [0.2, 0.25) is 0 Å². The molecule has 156 valence electrons. The molecule has 0 unspecified atom stereocenters. The van der Waals surface area contributed by atoms with Gasteiger partial charge in [-0.1, -0.05) is 23.4 Å². The van der Waals surface area contributed by atoms with Crippen LogP contribution in [0.25, 0.3) is 12.2 Å². The van der Waals surface area contributed by atoms with E-state index in [1.165, 1.54) is 19.1 Å². The molecule has 0 saturated heterocycles. The molecule has 9 heteroatoms. The molecular weight excluding hydrogens is 406 g/mol. The molecule has 30 heavy (non-hydrogen) atoms. The van der Waals surface area contributed by atoms with Gasteiger partial charge in [0.15, 0.2) is 5.76 Å². The molecule has 0 saturated carbocycles. The van der Waals surface area contributed by atoms with E-state index in [0.29, 0.717) is 28.6 Å². The van der Waals surface area contributed by atoms with Crippen LogP contribution >= 0.6 is 0 Å². The number of anilines is 2. The summed E-state index contributed by atoms with van der Waals surface area (Å²) in [6.07, 6.45) is 3.39. The summed E-state index contributed by atoms with van der Waals surface area (Å²) in [7, 11) is -2.18. The van der Waals surface area contributed by atoms with E-state index in [-0.39, 0.29) is 10.8 Å². The summed E-state index contributed by atoms with van der Waals surface area (Å²) >= 11 is 0. The topological polar surface area (TPSA) is 111 Å². The zero-order chi connectivity index (χ0) is 21.7. The van der Waals surface area contributed by atoms with E-state index in [2.05, 4.69) is 15.2 Å². The van der Waals surface area contributed by atoms with E-state index in [9.17, 15) is 13.2 Å². The second-order valence-corrected chi connectivity index (χ2v) is 8.11. The van der Waals surface area contributed by atoms with E-state index < -0.39 is 10.0 Å². The normalized spacial score (nSPS) is 11.4. The van der Waals surface area contributed by atoms with Gasteiger partial charge in [-0.05, 0) is 55.0 Å². The third-order valence-electron chi connectivity index (χ3n) is 4.15. The van der Waals surface area contributed by atoms with Crippen molar-refractivity contribution < 1.29 is 22.5 Å². The van der Waals surface area contributed by atoms with Crippen molar-refractivity contribution >= 4 is 39.5 Å². The van der Waals surface area contributed by atoms with Gasteiger partial charge in [0, 0.05) is 12.6 Å². The largest absolute Gasteiger partial charge is 0.497 e. The zero-order valence-electron chi connectivity index (χ0n) is 16.7. The first-order chi connectivity index (χ1) is 14.3. The Morgan fingerprint density at radius 2 is 1.73 bits per heavy atom. The van der Waals surface area contributed by atoms with Crippen LogP contribution in [0.1, 0.15) is 23.9 Å². The molecule has 1 aromatic heterocycles. The minimum absolute atomic E-state index is 0.130. The highest BCUT2D eigenvalue weighted by Gasteiger charge is 2.14. The van der Waals surface area contributed by atoms with Crippen LogP contribution < -0.4 is 14.8 Å². The molecule has 0 aliphatic heterocycles. The van der Waals surface area contributed by atoms with Gasteiger partial charge in [0.05, 0.1) is 12.0 Å². The third kappa shape index (κ3) is 5.06. The molecule has 0 aliphatic rings. The standard InChI is InChI=1S/C21H21N3O5S/c1-14-21(22-15(2)25)20(29-23-14)13-6-16-4-11-19(12-5-16)30(26,27)24-17-7-9-18(28-3)10-8-17/h4-13,24H,1-3H3,(H,22,25)/b13-6-. The van der Waals surface area contributed by atoms with Gasteiger partial charge < -0.3 is 14.6 Å². The summed E-state index contributed by atoms with van der Waals surface area (Å²) in [5.74, 6) is 0.813. The lowest BCUT2D eigenvalue weighted by atomic mass is 10.2. The molecule has 2 aromatic carbocycles. The number of rotatable bonds is 7. The average Bonchev–Trinajstić information content (AvgIpc) is 3.06. The Kier molecular flexibility index (Phi) is 6.22. The number of carbonyl (C=O) groups excluding carboxylic acids is 1. The molecule has 0 spiro atoms. The van der Waals surface area contributed by atoms with Gasteiger partial charge in [0.1, 0.15) is 17.1 Å². The Balaban J connectivity index is 1.74. The summed E-state index contributed by atoms with van der Waals surface area (Å²) in [4.78, 5) is 11.4. The van der Waals surface area contributed by atoms with E-state index in [4.69, 9.17) is 9.26 Å². The zero-order valence-corrected chi connectivity index (χ0v) is 17.5. The number of carbonyl (C=O) groups is 1. The van der Waals surface area contributed by atoms with Gasteiger partial charge in [0.25, 0.3) is 10.0 Å². The van der Waals surface area contributed by atoms with Crippen molar-refractivity contribution in [1.82, 2.24) is 5.16 Å². The fraction of sp³-hybridized carbons (Fsp3) is 0.143. The SMILES string of the molecule is COc1ccc(NS(=O)(=O)c2ccc(/C=C\c3onc(C)c3NC(C)=O)cc2)cc1. The third-order valence-corrected chi connectivity index (χ3v) is 5.55. The van der Waals surface area contributed by atoms with E-state index in [1.54, 1.807) is 62.6 Å². The minimum atomic E-state index is -3.72. The Morgan fingerprint density at radius 3 is 2.33 bits per heavy atom. The van der Waals surface area contributed by atoms with E-state index in [1.807, 2.05) is 0 Å². The molecular formula is C21H21N3O5S. The van der Waals surface area contributed by atoms with Crippen LogP contribution in [-0.4, -0.2) is 26.6 Å². The van der Waals surface area contributed by atoms with Crippen LogP contribution in [0.15, 0.2) is 57.9 Å². The monoisotopic (exact) mass is 427 g/mol. The predicted octanol–water partition coefficient (Wildman–Crippen LogP) is 3.92. The van der Waals surface area contributed by atoms with Crippen molar-refractivity contribution in [2.75, 3.05) is 17.1 Å². The number of nitrogens with zero attached hydrogens (tertiary/aromatic N) is 1. The Labute approximate surface area is 174 Å². The summed E-state index contributed by atoms with van der Waals surface area (Å²) in [6.45, 7) is 3.13. The summed E-state index contributed by atoms with van der Waals surface area (Å²) < 4.78 is 37.9. The van der Waals surface area contributed by atoms with E-state index >= 15 is 0 Å². The van der Waals surface area contributed by atoms with Crippen molar-refractivity contribution in [3.63, 3.8) is 0 Å². The van der Waals surface area contributed by atoms with Crippen molar-refractivity contribution in [2.24, 2.45) is 0 Å². The summed E-state index contributed by atoms with van der Waals surface area (Å²) in [5.41, 5.74) is 2.25. The van der Waals surface area contributed by atoms with Crippen molar-refractivity contribution in [2.45, 2.75) is 18.7 Å². The lowest BCUT2D eigenvalue weighted by Crippen LogP contribution is -2.12. The summed E-state index contributed by atoms with van der Waals surface area (Å²) in [5, 5.41) is 6.52. The first-order valence-electron chi connectivity index (χ1n) is 8.97. The molecule has 0 fully saturated rings. The number of sulfonamides is 1. The van der Waals surface area contributed by atoms with Crippen molar-refractivity contribution in [3.05, 3.63) is 65.5 Å². The number of ether oxygens (including phenoxy) is 1. The maximum Gasteiger partial charge on any atom is 0.261 e. The average molecular weight is 427 g/mol. The molecule has 0 bridgehead atoms. The molecule has 1 amide bonds. The number of amides is 1. The number of hydrogen-bond donors (Lipinski definition) is 2. The maximum absolute atomic E-state index is 12.6. The van der Waals surface area contributed by atoms with Crippen molar-refractivity contribution in [3.8, 4) is 5.75 Å². The number of methoxy groups -OCH3 is 1. The van der Waals surface area contributed by atoms with Gasteiger partial charge in [-0.25, -0.2) is 8.42 Å².